The fourth-order valence-electron chi connectivity index (χ4n) is 3.72. The number of hydrogen-bond donors (Lipinski definition) is 3. The third-order valence-electron chi connectivity index (χ3n) is 6.54. The fraction of sp³-hybridized carbons (Fsp3) is 0.919. The molecule has 0 aromatic heterocycles. The van der Waals surface area contributed by atoms with Gasteiger partial charge in [-0.25, -0.2) is 0 Å². The van der Waals surface area contributed by atoms with Gasteiger partial charge in [0.25, 0.3) is 0 Å². The van der Waals surface area contributed by atoms with Crippen LogP contribution in [0.25, 0.3) is 0 Å². The maximum absolute atomic E-state index is 10.9. The van der Waals surface area contributed by atoms with Crippen molar-refractivity contribution < 1.29 is 28.6 Å². The molecule has 0 amide bonds. The summed E-state index contributed by atoms with van der Waals surface area (Å²) in [5.74, 6) is 3.70. The molecule has 0 atom stereocenters. The molecule has 0 aliphatic carbocycles. The van der Waals surface area contributed by atoms with E-state index in [9.17, 15) is 14.4 Å². The van der Waals surface area contributed by atoms with E-state index in [0.717, 1.165) is 56.3 Å². The summed E-state index contributed by atoms with van der Waals surface area (Å²) in [6.45, 7) is 17.3. The van der Waals surface area contributed by atoms with E-state index in [1.54, 1.807) is 22.5 Å². The minimum atomic E-state index is -0.121. The van der Waals surface area contributed by atoms with E-state index >= 15 is 0 Å². The molecule has 3 radical (unpaired) electrons. The number of rotatable bonds is 26. The van der Waals surface area contributed by atoms with Crippen molar-refractivity contribution in [2.24, 2.45) is 17.8 Å². The normalized spacial score (nSPS) is 10.3. The Morgan fingerprint density at radius 2 is 0.766 bits per heavy atom. The van der Waals surface area contributed by atoms with Crippen molar-refractivity contribution in [2.45, 2.75) is 162 Å². The van der Waals surface area contributed by atoms with Crippen molar-refractivity contribution in [3.8, 4) is 0 Å². The van der Waals surface area contributed by atoms with Gasteiger partial charge in [0.05, 0.1) is 39.1 Å². The zero-order valence-electron chi connectivity index (χ0n) is 31.5. The maximum atomic E-state index is 10.9. The Kier molecular flexibility index (Phi) is 53.2. The molecule has 0 saturated heterocycles. The number of thiol groups is 3. The van der Waals surface area contributed by atoms with Gasteiger partial charge >= 0.3 is 64.6 Å². The summed E-state index contributed by atoms with van der Waals surface area (Å²) in [6, 6.07) is 0. The van der Waals surface area contributed by atoms with Crippen LogP contribution in [-0.4, -0.2) is 77.5 Å². The second kappa shape index (κ2) is 46.3. The molecule has 0 unspecified atom stereocenters. The summed E-state index contributed by atoms with van der Waals surface area (Å²) in [6.07, 6.45) is 18.0. The number of carbonyl (C=O) groups excluding carboxylic acids is 3. The zero-order chi connectivity index (χ0) is 36.6. The number of esters is 3. The van der Waals surface area contributed by atoms with E-state index in [0.29, 0.717) is 56.3 Å². The first-order valence-corrected chi connectivity index (χ1v) is 22.3. The van der Waals surface area contributed by atoms with E-state index in [-0.39, 0.29) is 17.9 Å². The third kappa shape index (κ3) is 61.9. The Morgan fingerprint density at radius 1 is 0.489 bits per heavy atom. The van der Waals surface area contributed by atoms with Gasteiger partial charge in [-0.3, -0.25) is 14.4 Å². The first-order chi connectivity index (χ1) is 22.4. The van der Waals surface area contributed by atoms with Crippen LogP contribution in [0.5, 0.6) is 0 Å². The first kappa shape index (κ1) is 54.0. The monoisotopic (exact) mass is 831 g/mol. The van der Waals surface area contributed by atoms with Crippen molar-refractivity contribution >= 4 is 78.3 Å². The topological polar surface area (TPSA) is 78.9 Å². The first-order valence-electron chi connectivity index (χ1n) is 18.3. The minimum absolute atomic E-state index is 0.121. The molecule has 0 aromatic carbocycles. The molecule has 0 rings (SSSR count). The van der Waals surface area contributed by atoms with Crippen molar-refractivity contribution in [2.75, 3.05) is 37.1 Å². The van der Waals surface area contributed by atoms with Crippen LogP contribution in [-0.2, 0) is 28.6 Å². The molecule has 0 spiro atoms. The standard InChI is InChI=1S/3C11H22O2S.C4H9.Sn/c3*1-10(2)6-4-3-5-8-13-11(12)7-9-14;1-3-4-2;/h3*10,14H,3-9H2,1-2H3;1,3-4H2,2H3;. The van der Waals surface area contributed by atoms with Crippen LogP contribution in [0.15, 0.2) is 0 Å². The Hall–Kier alpha value is 0.259. The van der Waals surface area contributed by atoms with Gasteiger partial charge in [-0.15, -0.1) is 0 Å². The molecule has 0 N–H and O–H groups in total. The average Bonchev–Trinajstić information content (AvgIpc) is 3.00. The van der Waals surface area contributed by atoms with Gasteiger partial charge in [-0.05, 0) is 37.0 Å². The molecule has 0 aliphatic rings. The Morgan fingerprint density at radius 3 is 0.936 bits per heavy atom. The molecule has 0 heterocycles. The van der Waals surface area contributed by atoms with E-state index in [1.165, 1.54) is 55.8 Å². The fourth-order valence-corrected chi connectivity index (χ4v) is 5.28. The molecule has 0 saturated carbocycles. The van der Waals surface area contributed by atoms with Crippen LogP contribution >= 0.6 is 37.9 Å². The van der Waals surface area contributed by atoms with Gasteiger partial charge in [0.15, 0.2) is 0 Å². The molecule has 0 aromatic rings. The van der Waals surface area contributed by atoms with Crippen molar-refractivity contribution in [3.63, 3.8) is 0 Å². The van der Waals surface area contributed by atoms with Gasteiger partial charge in [0.1, 0.15) is 0 Å². The van der Waals surface area contributed by atoms with Gasteiger partial charge in [-0.1, -0.05) is 99.3 Å². The zero-order valence-corrected chi connectivity index (χ0v) is 37.0. The Bertz CT molecular complexity index is 569. The van der Waals surface area contributed by atoms with Crippen molar-refractivity contribution in [3.05, 3.63) is 0 Å². The van der Waals surface area contributed by atoms with Crippen molar-refractivity contribution in [1.82, 2.24) is 0 Å². The number of unbranched alkanes of at least 4 members (excludes halogenated alkanes) is 7. The summed E-state index contributed by atoms with van der Waals surface area (Å²) in [5, 5.41) is 0. The van der Waals surface area contributed by atoms with E-state index < -0.39 is 0 Å². The number of hydrogen-bond acceptors (Lipinski definition) is 9. The Labute approximate surface area is 321 Å². The molecule has 281 valence electrons. The Balaban J connectivity index is -0.000000275. The summed E-state index contributed by atoms with van der Waals surface area (Å²) in [4.78, 5) is 32.7. The van der Waals surface area contributed by atoms with Crippen LogP contribution in [0.4, 0.5) is 0 Å². The summed E-state index contributed by atoms with van der Waals surface area (Å²) in [7, 11) is 0. The van der Waals surface area contributed by atoms with Gasteiger partial charge < -0.3 is 14.2 Å². The summed E-state index contributed by atoms with van der Waals surface area (Å²) in [5.41, 5.74) is 0. The quantitative estimate of drug-likeness (QED) is 0.0265. The second-order valence-corrected chi connectivity index (χ2v) is 15.7. The van der Waals surface area contributed by atoms with Crippen LogP contribution in [0, 0.1) is 17.8 Å². The third-order valence-corrected chi connectivity index (χ3v) is 8.22. The molecule has 47 heavy (non-hydrogen) atoms. The van der Waals surface area contributed by atoms with Gasteiger partial charge in [-0.2, -0.15) is 37.9 Å². The van der Waals surface area contributed by atoms with Gasteiger partial charge in [0.2, 0.25) is 0 Å². The van der Waals surface area contributed by atoms with Crippen molar-refractivity contribution in [1.29, 1.82) is 0 Å². The number of carbonyl (C=O) groups is 3. The number of ether oxygens (including phenoxy) is 3. The predicted octanol–water partition coefficient (Wildman–Crippen LogP) is 10.6. The second-order valence-electron chi connectivity index (χ2n) is 12.9. The molecule has 0 aliphatic heterocycles. The molecular weight excluding hydrogens is 755 g/mol. The average molecular weight is 831 g/mol. The van der Waals surface area contributed by atoms with Crippen LogP contribution in [0.2, 0.25) is 4.44 Å². The molecule has 0 fully saturated rings. The van der Waals surface area contributed by atoms with E-state index in [2.05, 4.69) is 86.4 Å². The molecule has 10 heteroatoms. The van der Waals surface area contributed by atoms with E-state index in [4.69, 9.17) is 14.2 Å². The predicted molar refractivity (Wildman–Crippen MR) is 214 cm³/mol. The molecular formula is C37H75O6S3Sn. The van der Waals surface area contributed by atoms with E-state index in [1.807, 2.05) is 0 Å². The molecule has 6 nitrogen and oxygen atoms in total. The molecule has 0 bridgehead atoms. The van der Waals surface area contributed by atoms with Crippen LogP contribution in [0.1, 0.15) is 158 Å². The van der Waals surface area contributed by atoms with Crippen LogP contribution in [0.3, 0.4) is 0 Å². The van der Waals surface area contributed by atoms with Crippen LogP contribution < -0.4 is 0 Å². The SMILES string of the molecule is CC(C)CCCCCOC(=O)CCS.CC(C)CCCCCOC(=O)CCS.CC(C)CCCCCOC(=O)CCS.CCC[CH2][Sn]. The summed E-state index contributed by atoms with van der Waals surface area (Å²) >= 11 is 13.6. The van der Waals surface area contributed by atoms with Gasteiger partial charge in [0, 0.05) is 17.3 Å². The summed E-state index contributed by atoms with van der Waals surface area (Å²) < 4.78 is 16.4.